The summed E-state index contributed by atoms with van der Waals surface area (Å²) in [5.41, 5.74) is 8.08. The molecular formula is C19H21NO2. The second-order valence-corrected chi connectivity index (χ2v) is 6.33. The van der Waals surface area contributed by atoms with E-state index in [0.717, 1.165) is 24.5 Å². The first-order valence-corrected chi connectivity index (χ1v) is 7.87. The number of nitrogens with one attached hydrogen (secondary N) is 1. The average molecular weight is 295 g/mol. The van der Waals surface area contributed by atoms with Crippen molar-refractivity contribution in [1.29, 1.82) is 0 Å². The van der Waals surface area contributed by atoms with Crippen LogP contribution in [-0.2, 0) is 6.42 Å². The third kappa shape index (κ3) is 2.08. The van der Waals surface area contributed by atoms with Crippen molar-refractivity contribution in [2.24, 2.45) is 0 Å². The van der Waals surface area contributed by atoms with Gasteiger partial charge in [0.15, 0.2) is 11.5 Å². The molecule has 0 saturated carbocycles. The van der Waals surface area contributed by atoms with Gasteiger partial charge < -0.3 is 14.8 Å². The predicted molar refractivity (Wildman–Crippen MR) is 86.8 cm³/mol. The molecule has 3 nitrogen and oxygen atoms in total. The zero-order valence-electron chi connectivity index (χ0n) is 13.3. The Morgan fingerprint density at radius 1 is 0.864 bits per heavy atom. The molecule has 22 heavy (non-hydrogen) atoms. The van der Waals surface area contributed by atoms with Crippen LogP contribution in [0.5, 0.6) is 11.5 Å². The van der Waals surface area contributed by atoms with Crippen LogP contribution in [0.25, 0.3) is 0 Å². The summed E-state index contributed by atoms with van der Waals surface area (Å²) in [4.78, 5) is 0. The molecular weight excluding hydrogens is 274 g/mol. The van der Waals surface area contributed by atoms with Gasteiger partial charge in [0.05, 0.1) is 6.04 Å². The highest BCUT2D eigenvalue weighted by Crippen LogP contribution is 2.40. The molecule has 114 valence electrons. The molecule has 0 radical (unpaired) electrons. The number of aryl methyl sites for hydroxylation is 3. The molecule has 1 unspecified atom stereocenters. The van der Waals surface area contributed by atoms with Gasteiger partial charge in [-0.2, -0.15) is 0 Å². The minimum Gasteiger partial charge on any atom is -0.454 e. The number of rotatable bonds is 1. The number of ether oxygens (including phenoxy) is 2. The van der Waals surface area contributed by atoms with Crippen molar-refractivity contribution < 1.29 is 9.47 Å². The van der Waals surface area contributed by atoms with E-state index in [2.05, 4.69) is 50.4 Å². The van der Waals surface area contributed by atoms with Gasteiger partial charge in [-0.05, 0) is 72.7 Å². The Morgan fingerprint density at radius 2 is 1.59 bits per heavy atom. The smallest absolute Gasteiger partial charge is 0.231 e. The summed E-state index contributed by atoms with van der Waals surface area (Å²) in [6.07, 6.45) is 1.03. The maximum Gasteiger partial charge on any atom is 0.231 e. The molecule has 0 saturated heterocycles. The van der Waals surface area contributed by atoms with Crippen molar-refractivity contribution in [3.05, 3.63) is 57.6 Å². The molecule has 2 aliphatic heterocycles. The first-order chi connectivity index (χ1) is 10.6. The lowest BCUT2D eigenvalue weighted by Gasteiger charge is -2.29. The second kappa shape index (κ2) is 5.03. The molecule has 2 aliphatic rings. The molecule has 0 bridgehead atoms. The zero-order valence-corrected chi connectivity index (χ0v) is 13.3. The molecule has 2 aromatic rings. The topological polar surface area (TPSA) is 30.5 Å². The Hall–Kier alpha value is -2.00. The van der Waals surface area contributed by atoms with E-state index in [9.17, 15) is 0 Å². The fourth-order valence-electron chi connectivity index (χ4n) is 3.52. The van der Waals surface area contributed by atoms with E-state index in [0.29, 0.717) is 6.79 Å². The molecule has 0 spiro atoms. The van der Waals surface area contributed by atoms with Crippen molar-refractivity contribution in [2.45, 2.75) is 33.2 Å². The second-order valence-electron chi connectivity index (χ2n) is 6.33. The summed E-state index contributed by atoms with van der Waals surface area (Å²) in [7, 11) is 0. The molecule has 0 amide bonds. The van der Waals surface area contributed by atoms with Crippen molar-refractivity contribution >= 4 is 0 Å². The van der Waals surface area contributed by atoms with Gasteiger partial charge in [-0.3, -0.25) is 0 Å². The van der Waals surface area contributed by atoms with Crippen LogP contribution in [-0.4, -0.2) is 13.3 Å². The molecule has 1 N–H and O–H groups in total. The standard InChI is InChI=1S/C19H21NO2/c1-11-6-13(3)15(7-12(11)2)19-16-9-18-17(21-10-22-18)8-14(16)4-5-20-19/h6-9,19-20H,4-5,10H2,1-3H3. The van der Waals surface area contributed by atoms with Gasteiger partial charge in [0.2, 0.25) is 6.79 Å². The lowest BCUT2D eigenvalue weighted by molar-refractivity contribution is 0.174. The number of fused-ring (bicyclic) bond motifs is 2. The highest BCUT2D eigenvalue weighted by molar-refractivity contribution is 5.53. The summed E-state index contributed by atoms with van der Waals surface area (Å²) in [5.74, 6) is 1.75. The number of hydrogen-bond acceptors (Lipinski definition) is 3. The van der Waals surface area contributed by atoms with Crippen LogP contribution in [0, 0.1) is 20.8 Å². The first kappa shape index (κ1) is 13.6. The van der Waals surface area contributed by atoms with Gasteiger partial charge in [0.25, 0.3) is 0 Å². The van der Waals surface area contributed by atoms with E-state index in [-0.39, 0.29) is 6.04 Å². The van der Waals surface area contributed by atoms with E-state index in [4.69, 9.17) is 9.47 Å². The number of benzene rings is 2. The minimum atomic E-state index is 0.234. The Morgan fingerprint density at radius 3 is 2.41 bits per heavy atom. The lowest BCUT2D eigenvalue weighted by Crippen LogP contribution is -2.31. The predicted octanol–water partition coefficient (Wildman–Crippen LogP) is 3.58. The van der Waals surface area contributed by atoms with Crippen LogP contribution in [0.15, 0.2) is 24.3 Å². The van der Waals surface area contributed by atoms with Gasteiger partial charge in [0, 0.05) is 6.54 Å². The third-order valence-electron chi connectivity index (χ3n) is 4.88. The van der Waals surface area contributed by atoms with Crippen molar-refractivity contribution in [3.63, 3.8) is 0 Å². The minimum absolute atomic E-state index is 0.234. The van der Waals surface area contributed by atoms with Gasteiger partial charge in [-0.1, -0.05) is 12.1 Å². The van der Waals surface area contributed by atoms with Gasteiger partial charge in [-0.25, -0.2) is 0 Å². The quantitative estimate of drug-likeness (QED) is 0.872. The summed E-state index contributed by atoms with van der Waals surface area (Å²) in [6.45, 7) is 7.88. The first-order valence-electron chi connectivity index (χ1n) is 7.87. The molecule has 4 rings (SSSR count). The summed E-state index contributed by atoms with van der Waals surface area (Å²) in [6, 6.07) is 9.15. The Balaban J connectivity index is 1.84. The van der Waals surface area contributed by atoms with Crippen LogP contribution in [0.4, 0.5) is 0 Å². The van der Waals surface area contributed by atoms with Gasteiger partial charge in [-0.15, -0.1) is 0 Å². The molecule has 2 aromatic carbocycles. The van der Waals surface area contributed by atoms with E-state index < -0.39 is 0 Å². The number of hydrogen-bond donors (Lipinski definition) is 1. The average Bonchev–Trinajstić information content (AvgIpc) is 2.95. The molecule has 0 aliphatic carbocycles. The third-order valence-corrected chi connectivity index (χ3v) is 4.88. The fraction of sp³-hybridized carbons (Fsp3) is 0.368. The van der Waals surface area contributed by atoms with E-state index >= 15 is 0 Å². The summed E-state index contributed by atoms with van der Waals surface area (Å²) >= 11 is 0. The van der Waals surface area contributed by atoms with Crippen molar-refractivity contribution in [3.8, 4) is 11.5 Å². The Labute approximate surface area is 131 Å². The monoisotopic (exact) mass is 295 g/mol. The molecule has 1 atom stereocenters. The maximum atomic E-state index is 5.57. The largest absolute Gasteiger partial charge is 0.454 e. The van der Waals surface area contributed by atoms with Crippen LogP contribution in [0.2, 0.25) is 0 Å². The molecule has 3 heteroatoms. The normalized spacial score (nSPS) is 19.1. The van der Waals surface area contributed by atoms with Crippen LogP contribution < -0.4 is 14.8 Å². The molecule has 0 fully saturated rings. The summed E-state index contributed by atoms with van der Waals surface area (Å²) in [5, 5.41) is 3.67. The van der Waals surface area contributed by atoms with Crippen LogP contribution >= 0.6 is 0 Å². The Kier molecular flexibility index (Phi) is 3.12. The van der Waals surface area contributed by atoms with Crippen molar-refractivity contribution in [2.75, 3.05) is 13.3 Å². The highest BCUT2D eigenvalue weighted by atomic mass is 16.7. The maximum absolute atomic E-state index is 5.57. The SMILES string of the molecule is Cc1cc(C)c(C2NCCc3cc4c(cc32)OCO4)cc1C. The van der Waals surface area contributed by atoms with E-state index in [1.54, 1.807) is 0 Å². The summed E-state index contributed by atoms with van der Waals surface area (Å²) < 4.78 is 11.1. The van der Waals surface area contributed by atoms with Crippen molar-refractivity contribution in [1.82, 2.24) is 5.32 Å². The van der Waals surface area contributed by atoms with Gasteiger partial charge >= 0.3 is 0 Å². The molecule has 0 aromatic heterocycles. The van der Waals surface area contributed by atoms with Gasteiger partial charge in [0.1, 0.15) is 0 Å². The lowest BCUT2D eigenvalue weighted by atomic mass is 9.86. The van der Waals surface area contributed by atoms with E-state index in [1.165, 1.54) is 33.4 Å². The zero-order chi connectivity index (χ0) is 15.3. The highest BCUT2D eigenvalue weighted by Gasteiger charge is 2.26. The van der Waals surface area contributed by atoms with Crippen LogP contribution in [0.1, 0.15) is 39.4 Å². The van der Waals surface area contributed by atoms with Crippen LogP contribution in [0.3, 0.4) is 0 Å². The molecule has 2 heterocycles. The van der Waals surface area contributed by atoms with E-state index in [1.807, 2.05) is 0 Å². The fourth-order valence-corrected chi connectivity index (χ4v) is 3.52. The Bertz CT molecular complexity index is 752.